The van der Waals surface area contributed by atoms with Crippen LogP contribution >= 0.6 is 0 Å². The molecule has 3 aromatic carbocycles. The Hall–Kier alpha value is -3.25. The van der Waals surface area contributed by atoms with Gasteiger partial charge in [0, 0.05) is 29.4 Å². The van der Waals surface area contributed by atoms with Gasteiger partial charge in [-0.3, -0.25) is 4.79 Å². The lowest BCUT2D eigenvalue weighted by Gasteiger charge is -2.25. The van der Waals surface area contributed by atoms with Gasteiger partial charge in [-0.2, -0.15) is 0 Å². The molecular weight excluding hydrogens is 384 g/mol. The molecule has 0 aromatic heterocycles. The first-order valence-corrected chi connectivity index (χ1v) is 9.58. The molecule has 0 unspecified atom stereocenters. The number of hydrogen-bond donors (Lipinski definition) is 1. The van der Waals surface area contributed by atoms with Crippen LogP contribution in [0, 0.1) is 6.92 Å². The summed E-state index contributed by atoms with van der Waals surface area (Å²) in [5.41, 5.74) is 2.51. The molecule has 158 valence electrons. The first-order valence-electron chi connectivity index (χ1n) is 9.58. The molecular formula is C24H26O6. The molecule has 0 amide bonds. The van der Waals surface area contributed by atoms with E-state index in [9.17, 15) is 9.90 Å². The highest BCUT2D eigenvalue weighted by atomic mass is 16.7. The maximum atomic E-state index is 11.8. The third-order valence-corrected chi connectivity index (χ3v) is 5.17. The van der Waals surface area contributed by atoms with Crippen molar-refractivity contribution < 1.29 is 28.8 Å². The van der Waals surface area contributed by atoms with Crippen LogP contribution in [0.4, 0.5) is 0 Å². The largest absolute Gasteiger partial charge is 0.496 e. The van der Waals surface area contributed by atoms with E-state index in [-0.39, 0.29) is 13.2 Å². The van der Waals surface area contributed by atoms with Crippen molar-refractivity contribution in [2.75, 3.05) is 28.1 Å². The Morgan fingerprint density at radius 3 is 2.07 bits per heavy atom. The van der Waals surface area contributed by atoms with E-state index >= 15 is 0 Å². The molecule has 0 radical (unpaired) electrons. The molecule has 0 heterocycles. The second-order valence-corrected chi connectivity index (χ2v) is 6.92. The third kappa shape index (κ3) is 4.19. The zero-order valence-electron chi connectivity index (χ0n) is 17.6. The van der Waals surface area contributed by atoms with E-state index in [0.29, 0.717) is 11.5 Å². The lowest BCUT2D eigenvalue weighted by atomic mass is 9.83. The van der Waals surface area contributed by atoms with Gasteiger partial charge in [0.25, 0.3) is 0 Å². The Bertz CT molecular complexity index is 1030. The van der Waals surface area contributed by atoms with E-state index in [0.717, 1.165) is 33.2 Å². The minimum absolute atomic E-state index is 0.0863. The lowest BCUT2D eigenvalue weighted by molar-refractivity contribution is -0.137. The highest BCUT2D eigenvalue weighted by molar-refractivity contribution is 5.96. The van der Waals surface area contributed by atoms with Gasteiger partial charge < -0.3 is 24.1 Å². The Morgan fingerprint density at radius 1 is 0.933 bits per heavy atom. The second-order valence-electron chi connectivity index (χ2n) is 6.92. The van der Waals surface area contributed by atoms with Gasteiger partial charge in [0.2, 0.25) is 0 Å². The molecule has 1 atom stereocenters. The van der Waals surface area contributed by atoms with Gasteiger partial charge in [-0.25, -0.2) is 0 Å². The monoisotopic (exact) mass is 410 g/mol. The molecule has 0 aliphatic carbocycles. The fourth-order valence-corrected chi connectivity index (χ4v) is 3.91. The van der Waals surface area contributed by atoms with E-state index in [1.54, 1.807) is 21.3 Å². The molecule has 0 aliphatic heterocycles. The zero-order valence-corrected chi connectivity index (χ0v) is 17.6. The molecule has 0 saturated heterocycles. The fourth-order valence-electron chi connectivity index (χ4n) is 3.91. The van der Waals surface area contributed by atoms with E-state index in [4.69, 9.17) is 18.9 Å². The molecule has 3 rings (SSSR count). The van der Waals surface area contributed by atoms with Crippen molar-refractivity contribution >= 4 is 16.7 Å². The van der Waals surface area contributed by atoms with Crippen molar-refractivity contribution in [1.29, 1.82) is 0 Å². The number of benzene rings is 3. The van der Waals surface area contributed by atoms with Crippen LogP contribution in [0.3, 0.4) is 0 Å². The van der Waals surface area contributed by atoms with Crippen LogP contribution in [0.15, 0.2) is 48.5 Å². The summed E-state index contributed by atoms with van der Waals surface area (Å²) in [5.74, 6) is 0.710. The van der Waals surface area contributed by atoms with Crippen LogP contribution < -0.4 is 14.2 Å². The number of aliphatic carboxylic acids is 1. The van der Waals surface area contributed by atoms with Crippen LogP contribution in [0.5, 0.6) is 17.2 Å². The van der Waals surface area contributed by atoms with E-state index in [1.165, 1.54) is 0 Å². The average Bonchev–Trinajstić information content (AvgIpc) is 2.76. The number of rotatable bonds is 9. The maximum absolute atomic E-state index is 11.8. The quantitative estimate of drug-likeness (QED) is 0.513. The Balaban J connectivity index is 2.21. The first-order chi connectivity index (χ1) is 14.5. The van der Waals surface area contributed by atoms with Crippen molar-refractivity contribution in [3.63, 3.8) is 0 Å². The smallest absolute Gasteiger partial charge is 0.304 e. The Kier molecular flexibility index (Phi) is 6.79. The summed E-state index contributed by atoms with van der Waals surface area (Å²) < 4.78 is 21.9. The summed E-state index contributed by atoms with van der Waals surface area (Å²) in [4.78, 5) is 11.8. The molecule has 3 aromatic rings. The minimum atomic E-state index is -0.895. The van der Waals surface area contributed by atoms with Gasteiger partial charge in [0.15, 0.2) is 6.79 Å². The Labute approximate surface area is 175 Å². The summed E-state index contributed by atoms with van der Waals surface area (Å²) >= 11 is 0. The number of hydrogen-bond acceptors (Lipinski definition) is 5. The average molecular weight is 410 g/mol. The molecule has 0 aliphatic rings. The summed E-state index contributed by atoms with van der Waals surface area (Å²) in [6.07, 6.45) is -0.0863. The van der Waals surface area contributed by atoms with Gasteiger partial charge in [0.1, 0.15) is 17.2 Å². The lowest BCUT2D eigenvalue weighted by Crippen LogP contribution is -2.12. The predicted molar refractivity (Wildman–Crippen MR) is 115 cm³/mol. The van der Waals surface area contributed by atoms with Crippen LogP contribution in [0.1, 0.15) is 29.0 Å². The van der Waals surface area contributed by atoms with Crippen molar-refractivity contribution in [3.8, 4) is 17.2 Å². The number of carboxylic acids is 1. The standard InChI is InChI=1S/C24H26O6/c1-15-22(24(29-4)19-8-6-5-7-18(19)23(15)28-3)20(13-21(25)26)16-9-11-17(12-10-16)30-14-27-2/h5-12,20H,13-14H2,1-4H3,(H,25,26)/t20-/m1/s1. The second kappa shape index (κ2) is 9.50. The fraction of sp³-hybridized carbons (Fsp3) is 0.292. The van der Waals surface area contributed by atoms with Crippen molar-refractivity contribution in [2.45, 2.75) is 19.3 Å². The predicted octanol–water partition coefficient (Wildman–Crippen LogP) is 4.75. The summed E-state index contributed by atoms with van der Waals surface area (Å²) in [6.45, 7) is 2.08. The first kappa shape index (κ1) is 21.5. The summed E-state index contributed by atoms with van der Waals surface area (Å²) in [5, 5.41) is 11.5. The number of fused-ring (bicyclic) bond motifs is 1. The third-order valence-electron chi connectivity index (χ3n) is 5.17. The van der Waals surface area contributed by atoms with E-state index < -0.39 is 11.9 Å². The topological polar surface area (TPSA) is 74.2 Å². The number of methoxy groups -OCH3 is 3. The molecule has 0 bridgehead atoms. The van der Waals surface area contributed by atoms with Gasteiger partial charge >= 0.3 is 5.97 Å². The highest BCUT2D eigenvalue weighted by Crippen LogP contribution is 2.46. The molecule has 0 fully saturated rings. The molecule has 0 saturated carbocycles. The van der Waals surface area contributed by atoms with Crippen LogP contribution in [0.2, 0.25) is 0 Å². The van der Waals surface area contributed by atoms with Crippen LogP contribution in [0.25, 0.3) is 10.8 Å². The normalized spacial score (nSPS) is 11.9. The van der Waals surface area contributed by atoms with Crippen molar-refractivity contribution in [2.24, 2.45) is 0 Å². The van der Waals surface area contributed by atoms with Crippen LogP contribution in [-0.4, -0.2) is 39.2 Å². The molecule has 6 heteroatoms. The molecule has 0 spiro atoms. The number of carboxylic acid groups (broad SMARTS) is 1. The maximum Gasteiger partial charge on any atom is 0.304 e. The van der Waals surface area contributed by atoms with E-state index in [1.807, 2.05) is 55.5 Å². The van der Waals surface area contributed by atoms with Gasteiger partial charge in [-0.05, 0) is 30.2 Å². The SMILES string of the molecule is COCOc1ccc([C@@H](CC(=O)O)c2c(C)c(OC)c3ccccc3c2OC)cc1. The Morgan fingerprint density at radius 2 is 1.53 bits per heavy atom. The summed E-state index contributed by atoms with van der Waals surface area (Å²) in [6, 6.07) is 15.2. The van der Waals surface area contributed by atoms with Crippen molar-refractivity contribution in [1.82, 2.24) is 0 Å². The number of carbonyl (C=O) groups is 1. The van der Waals surface area contributed by atoms with Gasteiger partial charge in [-0.1, -0.05) is 36.4 Å². The zero-order chi connectivity index (χ0) is 21.7. The highest BCUT2D eigenvalue weighted by Gasteiger charge is 2.27. The minimum Gasteiger partial charge on any atom is -0.496 e. The van der Waals surface area contributed by atoms with Crippen LogP contribution in [-0.2, 0) is 9.53 Å². The molecule has 30 heavy (non-hydrogen) atoms. The van der Waals surface area contributed by atoms with Gasteiger partial charge in [0.05, 0.1) is 20.6 Å². The number of ether oxygens (including phenoxy) is 4. The molecule has 1 N–H and O–H groups in total. The molecule has 6 nitrogen and oxygen atoms in total. The van der Waals surface area contributed by atoms with Crippen molar-refractivity contribution in [3.05, 3.63) is 65.2 Å². The van der Waals surface area contributed by atoms with Gasteiger partial charge in [-0.15, -0.1) is 0 Å². The summed E-state index contributed by atoms with van der Waals surface area (Å²) in [7, 11) is 4.79. The van der Waals surface area contributed by atoms with E-state index in [2.05, 4.69) is 0 Å².